The van der Waals surface area contributed by atoms with Crippen molar-refractivity contribution in [3.05, 3.63) is 23.8 Å². The van der Waals surface area contributed by atoms with E-state index < -0.39 is 0 Å². The number of ether oxygens (including phenoxy) is 2. The summed E-state index contributed by atoms with van der Waals surface area (Å²) < 4.78 is 10.8. The molecule has 1 aromatic rings. The van der Waals surface area contributed by atoms with Crippen LogP contribution in [0.5, 0.6) is 11.5 Å². The lowest BCUT2D eigenvalue weighted by molar-refractivity contribution is -0.122. The van der Waals surface area contributed by atoms with Crippen LogP contribution >= 0.6 is 0 Å². The largest absolute Gasteiger partial charge is 0.493 e. The summed E-state index contributed by atoms with van der Waals surface area (Å²) >= 11 is 0. The number of primary amides is 1. The molecule has 0 aliphatic heterocycles. The third kappa shape index (κ3) is 3.63. The fraction of sp³-hybridized carbons (Fsp3) is 0.462. The Morgan fingerprint density at radius 3 is 2.50 bits per heavy atom. The maximum atomic E-state index is 10.9. The highest BCUT2D eigenvalue weighted by molar-refractivity contribution is 5.76. The van der Waals surface area contributed by atoms with Crippen LogP contribution in [-0.4, -0.2) is 19.6 Å². The van der Waals surface area contributed by atoms with Crippen LogP contribution < -0.4 is 20.9 Å². The van der Waals surface area contributed by atoms with Gasteiger partial charge in [0.05, 0.1) is 19.6 Å². The van der Waals surface area contributed by atoms with Gasteiger partial charge in [-0.05, 0) is 24.6 Å². The molecule has 0 spiro atoms. The predicted molar refractivity (Wildman–Crippen MR) is 69.4 cm³/mol. The molecule has 100 valence electrons. The Labute approximate surface area is 107 Å². The number of carbonyl (C=O) groups is 1. The Kier molecular flexibility index (Phi) is 4.97. The summed E-state index contributed by atoms with van der Waals surface area (Å²) in [6, 6.07) is 5.41. The van der Waals surface area contributed by atoms with Crippen LogP contribution in [0.2, 0.25) is 0 Å². The number of nitrogens with two attached hydrogens (primary N) is 2. The maximum absolute atomic E-state index is 10.9. The van der Waals surface area contributed by atoms with Gasteiger partial charge >= 0.3 is 0 Å². The minimum absolute atomic E-state index is 0.0718. The lowest BCUT2D eigenvalue weighted by atomic mass is 10.1. The molecule has 0 saturated heterocycles. The number of methoxy groups -OCH3 is 1. The van der Waals surface area contributed by atoms with Crippen LogP contribution in [0.3, 0.4) is 0 Å². The molecule has 5 heteroatoms. The molecule has 0 aliphatic rings. The molecule has 1 amide bonds. The van der Waals surface area contributed by atoms with Crippen molar-refractivity contribution in [2.24, 2.45) is 17.4 Å². The molecule has 1 rings (SSSR count). The average Bonchev–Trinajstić information content (AvgIpc) is 2.35. The lowest BCUT2D eigenvalue weighted by Crippen LogP contribution is -2.25. The molecule has 0 radical (unpaired) electrons. The van der Waals surface area contributed by atoms with Gasteiger partial charge in [-0.25, -0.2) is 0 Å². The molecule has 0 fully saturated rings. The van der Waals surface area contributed by atoms with E-state index in [2.05, 4.69) is 0 Å². The SMILES string of the molecule is COc1cc([C@@H](C)N)ccc1OCC(C)C(N)=O. The van der Waals surface area contributed by atoms with Crippen LogP contribution in [0, 0.1) is 5.92 Å². The summed E-state index contributed by atoms with van der Waals surface area (Å²) in [5.41, 5.74) is 11.9. The van der Waals surface area contributed by atoms with Crippen LogP contribution in [-0.2, 0) is 4.79 Å². The van der Waals surface area contributed by atoms with E-state index in [1.165, 1.54) is 0 Å². The summed E-state index contributed by atoms with van der Waals surface area (Å²) in [7, 11) is 1.56. The van der Waals surface area contributed by atoms with E-state index >= 15 is 0 Å². The number of amides is 1. The van der Waals surface area contributed by atoms with Crippen LogP contribution in [0.15, 0.2) is 18.2 Å². The third-order valence-corrected chi connectivity index (χ3v) is 2.69. The van der Waals surface area contributed by atoms with Gasteiger partial charge < -0.3 is 20.9 Å². The highest BCUT2D eigenvalue weighted by atomic mass is 16.5. The highest BCUT2D eigenvalue weighted by Gasteiger charge is 2.12. The molecule has 4 N–H and O–H groups in total. The van der Waals surface area contributed by atoms with E-state index in [0.29, 0.717) is 11.5 Å². The molecule has 0 aromatic heterocycles. The molecule has 0 saturated carbocycles. The number of hydrogen-bond donors (Lipinski definition) is 2. The molecule has 0 heterocycles. The van der Waals surface area contributed by atoms with Crippen molar-refractivity contribution in [1.29, 1.82) is 0 Å². The summed E-state index contributed by atoms with van der Waals surface area (Å²) in [5.74, 6) is 0.445. The molecular weight excluding hydrogens is 232 g/mol. The van der Waals surface area contributed by atoms with Crippen LogP contribution in [0.25, 0.3) is 0 Å². The van der Waals surface area contributed by atoms with E-state index in [1.807, 2.05) is 19.1 Å². The molecule has 5 nitrogen and oxygen atoms in total. The number of hydrogen-bond acceptors (Lipinski definition) is 4. The Hall–Kier alpha value is -1.75. The zero-order chi connectivity index (χ0) is 13.7. The fourth-order valence-electron chi connectivity index (χ4n) is 1.38. The smallest absolute Gasteiger partial charge is 0.223 e. The first-order valence-corrected chi connectivity index (χ1v) is 5.81. The van der Waals surface area contributed by atoms with Gasteiger partial charge in [-0.1, -0.05) is 13.0 Å². The molecule has 2 atom stereocenters. The van der Waals surface area contributed by atoms with E-state index in [1.54, 1.807) is 20.1 Å². The standard InChI is InChI=1S/C13H20N2O3/c1-8(13(15)16)7-18-11-5-4-10(9(2)14)6-12(11)17-3/h4-6,8-9H,7,14H2,1-3H3,(H2,15,16)/t8?,9-/m1/s1. The Morgan fingerprint density at radius 2 is 2.00 bits per heavy atom. The minimum Gasteiger partial charge on any atom is -0.493 e. The summed E-state index contributed by atoms with van der Waals surface area (Å²) in [5, 5.41) is 0. The average molecular weight is 252 g/mol. The van der Waals surface area contributed by atoms with E-state index in [-0.39, 0.29) is 24.5 Å². The van der Waals surface area contributed by atoms with Gasteiger partial charge in [0.2, 0.25) is 5.91 Å². The lowest BCUT2D eigenvalue weighted by Gasteiger charge is -2.15. The van der Waals surface area contributed by atoms with Gasteiger partial charge in [-0.2, -0.15) is 0 Å². The van der Waals surface area contributed by atoms with Crippen molar-refractivity contribution in [2.75, 3.05) is 13.7 Å². The second kappa shape index (κ2) is 6.26. The third-order valence-electron chi connectivity index (χ3n) is 2.69. The summed E-state index contributed by atoms with van der Waals surface area (Å²) in [4.78, 5) is 10.9. The summed E-state index contributed by atoms with van der Waals surface area (Å²) in [6.07, 6.45) is 0. The first-order valence-electron chi connectivity index (χ1n) is 5.81. The zero-order valence-electron chi connectivity index (χ0n) is 11.0. The van der Waals surface area contributed by atoms with Crippen molar-refractivity contribution in [3.8, 4) is 11.5 Å². The second-order valence-electron chi connectivity index (χ2n) is 4.31. The summed E-state index contributed by atoms with van der Waals surface area (Å²) in [6.45, 7) is 3.83. The predicted octanol–water partition coefficient (Wildman–Crippen LogP) is 1.22. The number of carbonyl (C=O) groups excluding carboxylic acids is 1. The number of benzene rings is 1. The quantitative estimate of drug-likeness (QED) is 0.796. The Balaban J connectivity index is 2.80. The molecule has 1 unspecified atom stereocenters. The van der Waals surface area contributed by atoms with E-state index in [4.69, 9.17) is 20.9 Å². The Morgan fingerprint density at radius 1 is 1.33 bits per heavy atom. The van der Waals surface area contributed by atoms with Gasteiger partial charge in [0.15, 0.2) is 11.5 Å². The normalized spacial score (nSPS) is 13.8. The molecule has 1 aromatic carbocycles. The second-order valence-corrected chi connectivity index (χ2v) is 4.31. The number of rotatable bonds is 6. The molecular formula is C13H20N2O3. The maximum Gasteiger partial charge on any atom is 0.223 e. The Bertz CT molecular complexity index is 419. The fourth-order valence-corrected chi connectivity index (χ4v) is 1.38. The van der Waals surface area contributed by atoms with E-state index in [0.717, 1.165) is 5.56 Å². The van der Waals surface area contributed by atoms with Crippen LogP contribution in [0.1, 0.15) is 25.5 Å². The first-order chi connectivity index (χ1) is 8.45. The van der Waals surface area contributed by atoms with Gasteiger partial charge in [-0.3, -0.25) is 4.79 Å². The van der Waals surface area contributed by atoms with Crippen molar-refractivity contribution < 1.29 is 14.3 Å². The van der Waals surface area contributed by atoms with Crippen molar-refractivity contribution >= 4 is 5.91 Å². The molecule has 18 heavy (non-hydrogen) atoms. The highest BCUT2D eigenvalue weighted by Crippen LogP contribution is 2.30. The van der Waals surface area contributed by atoms with Gasteiger partial charge in [-0.15, -0.1) is 0 Å². The minimum atomic E-state index is -0.388. The first kappa shape index (κ1) is 14.3. The topological polar surface area (TPSA) is 87.6 Å². The van der Waals surface area contributed by atoms with Gasteiger partial charge in [0.1, 0.15) is 0 Å². The zero-order valence-corrected chi connectivity index (χ0v) is 11.0. The van der Waals surface area contributed by atoms with Crippen LogP contribution in [0.4, 0.5) is 0 Å². The molecule has 0 bridgehead atoms. The van der Waals surface area contributed by atoms with Crippen molar-refractivity contribution in [3.63, 3.8) is 0 Å². The monoisotopic (exact) mass is 252 g/mol. The van der Waals surface area contributed by atoms with Crippen molar-refractivity contribution in [1.82, 2.24) is 0 Å². The van der Waals surface area contributed by atoms with Crippen molar-refractivity contribution in [2.45, 2.75) is 19.9 Å². The molecule has 0 aliphatic carbocycles. The van der Waals surface area contributed by atoms with Gasteiger partial charge in [0, 0.05) is 6.04 Å². The van der Waals surface area contributed by atoms with E-state index in [9.17, 15) is 4.79 Å². The van der Waals surface area contributed by atoms with Gasteiger partial charge in [0.25, 0.3) is 0 Å².